The van der Waals surface area contributed by atoms with Crippen LogP contribution in [0, 0.1) is 5.41 Å². The van der Waals surface area contributed by atoms with E-state index in [2.05, 4.69) is 11.9 Å². The zero-order valence-electron chi connectivity index (χ0n) is 14.4. The highest BCUT2D eigenvalue weighted by Crippen LogP contribution is 2.43. The summed E-state index contributed by atoms with van der Waals surface area (Å²) < 4.78 is 19.2. The molecule has 0 spiro atoms. The summed E-state index contributed by atoms with van der Waals surface area (Å²) in [6, 6.07) is 4.86. The van der Waals surface area contributed by atoms with E-state index in [-0.39, 0.29) is 17.1 Å². The number of fused-ring (bicyclic) bond motifs is 1. The topological polar surface area (TPSA) is 68.1 Å². The highest BCUT2D eigenvalue weighted by Gasteiger charge is 2.39. The van der Waals surface area contributed by atoms with Crippen molar-refractivity contribution in [2.45, 2.75) is 51.2 Å². The molecular formula is C19H24ClFN2O2. The average molecular weight is 367 g/mol. The molecule has 25 heavy (non-hydrogen) atoms. The molecule has 1 aromatic heterocycles. The Kier molecular flexibility index (Phi) is 5.35. The van der Waals surface area contributed by atoms with Gasteiger partial charge < -0.3 is 15.5 Å². The number of hydrogen-bond donors (Lipinski definition) is 2. The van der Waals surface area contributed by atoms with Crippen molar-refractivity contribution >= 4 is 22.4 Å². The Morgan fingerprint density at radius 1 is 1.44 bits per heavy atom. The molecule has 2 aromatic rings. The Bertz CT molecular complexity index is 800. The van der Waals surface area contributed by atoms with Gasteiger partial charge in [0.1, 0.15) is 12.4 Å². The summed E-state index contributed by atoms with van der Waals surface area (Å²) in [5.74, 6) is 0.587. The summed E-state index contributed by atoms with van der Waals surface area (Å²) in [5, 5.41) is 1.76. The lowest BCUT2D eigenvalue weighted by atomic mass is 9.67. The molecule has 6 heteroatoms. The first-order chi connectivity index (χ1) is 12.0. The van der Waals surface area contributed by atoms with Crippen LogP contribution in [0.25, 0.3) is 10.8 Å². The third-order valence-corrected chi connectivity index (χ3v) is 6.00. The summed E-state index contributed by atoms with van der Waals surface area (Å²) in [6.45, 7) is 1.60. The van der Waals surface area contributed by atoms with Gasteiger partial charge in [0, 0.05) is 17.6 Å². The van der Waals surface area contributed by atoms with Crippen LogP contribution in [0.15, 0.2) is 29.2 Å². The van der Waals surface area contributed by atoms with Gasteiger partial charge in [-0.25, -0.2) is 4.39 Å². The van der Waals surface area contributed by atoms with Gasteiger partial charge in [0.05, 0.1) is 11.1 Å². The van der Waals surface area contributed by atoms with Gasteiger partial charge in [0.2, 0.25) is 0 Å². The van der Waals surface area contributed by atoms with Crippen LogP contribution in [-0.2, 0) is 0 Å². The van der Waals surface area contributed by atoms with Crippen LogP contribution >= 0.6 is 11.6 Å². The van der Waals surface area contributed by atoms with Crippen LogP contribution in [0.3, 0.4) is 0 Å². The molecule has 1 unspecified atom stereocenters. The molecule has 3 N–H and O–H groups in total. The predicted octanol–water partition coefficient (Wildman–Crippen LogP) is 4.20. The van der Waals surface area contributed by atoms with Crippen molar-refractivity contribution < 1.29 is 9.13 Å². The van der Waals surface area contributed by atoms with Crippen molar-refractivity contribution in [3.63, 3.8) is 0 Å². The van der Waals surface area contributed by atoms with Crippen molar-refractivity contribution in [2.24, 2.45) is 11.1 Å². The van der Waals surface area contributed by atoms with Gasteiger partial charge in [0.15, 0.2) is 0 Å². The minimum Gasteiger partial charge on any atom is -0.489 e. The lowest BCUT2D eigenvalue weighted by Gasteiger charge is -2.42. The molecule has 1 heterocycles. The number of hydrogen-bond acceptors (Lipinski definition) is 3. The summed E-state index contributed by atoms with van der Waals surface area (Å²) in [6.07, 6.45) is 5.87. The van der Waals surface area contributed by atoms with Gasteiger partial charge in [-0.2, -0.15) is 0 Å². The molecule has 3 rings (SSSR count). The largest absolute Gasteiger partial charge is 0.489 e. The Labute approximate surface area is 151 Å². The number of halogens is 2. The molecule has 0 bridgehead atoms. The van der Waals surface area contributed by atoms with Crippen molar-refractivity contribution in [3.05, 3.63) is 39.8 Å². The van der Waals surface area contributed by atoms with Crippen molar-refractivity contribution in [1.82, 2.24) is 4.98 Å². The van der Waals surface area contributed by atoms with Crippen LogP contribution in [0.5, 0.6) is 5.75 Å². The number of rotatable bonds is 5. The number of nitrogens with two attached hydrogens (primary N) is 1. The lowest BCUT2D eigenvalue weighted by molar-refractivity contribution is 0.0513. The van der Waals surface area contributed by atoms with Gasteiger partial charge in [-0.15, -0.1) is 0 Å². The molecule has 0 saturated heterocycles. The van der Waals surface area contributed by atoms with Gasteiger partial charge in [-0.1, -0.05) is 18.5 Å². The first-order valence-corrected chi connectivity index (χ1v) is 9.16. The summed E-state index contributed by atoms with van der Waals surface area (Å²) in [5.41, 5.74) is 5.72. The summed E-state index contributed by atoms with van der Waals surface area (Å²) in [7, 11) is 0. The van der Waals surface area contributed by atoms with Gasteiger partial charge in [0.25, 0.3) is 5.56 Å². The number of aromatic nitrogens is 1. The molecule has 1 fully saturated rings. The molecule has 136 valence electrons. The van der Waals surface area contributed by atoms with Crippen LogP contribution < -0.4 is 16.0 Å². The van der Waals surface area contributed by atoms with E-state index >= 15 is 0 Å². The molecule has 0 amide bonds. The zero-order valence-corrected chi connectivity index (χ0v) is 15.1. The predicted molar refractivity (Wildman–Crippen MR) is 99.1 cm³/mol. The molecule has 1 aliphatic carbocycles. The number of nitrogens with one attached hydrogen (secondary N) is 1. The Balaban J connectivity index is 1.75. The summed E-state index contributed by atoms with van der Waals surface area (Å²) >= 11 is 6.30. The van der Waals surface area contributed by atoms with Crippen LogP contribution in [-0.4, -0.2) is 23.8 Å². The number of alkyl halides is 1. The molecule has 1 atom stereocenters. The smallest absolute Gasteiger partial charge is 0.255 e. The quantitative estimate of drug-likeness (QED) is 0.833. The van der Waals surface area contributed by atoms with E-state index in [4.69, 9.17) is 22.1 Å². The maximum Gasteiger partial charge on any atom is 0.255 e. The van der Waals surface area contributed by atoms with Gasteiger partial charge in [-0.05, 0) is 61.1 Å². The highest BCUT2D eigenvalue weighted by molar-refractivity contribution is 6.32. The Hall–Kier alpha value is -1.59. The number of aromatic amines is 1. The zero-order chi connectivity index (χ0) is 18.0. The maximum absolute atomic E-state index is 13.1. The van der Waals surface area contributed by atoms with E-state index < -0.39 is 12.7 Å². The van der Waals surface area contributed by atoms with E-state index in [9.17, 15) is 9.18 Å². The van der Waals surface area contributed by atoms with Crippen molar-refractivity contribution in [2.75, 3.05) is 6.67 Å². The minimum atomic E-state index is -0.482. The highest BCUT2D eigenvalue weighted by atomic mass is 35.5. The standard InChI is InChI=1S/C19H24ClFN2O2/c1-2-19(17(22)11-21)6-3-13(4-7-19)25-16-9-12-5-8-23-18(24)14(12)10-15(16)20/h5,8-10,13,17H,2-4,6-7,11,22H2,1H3,(H,23,24)/t13-,17?,19+. The first-order valence-electron chi connectivity index (χ1n) is 8.78. The fraction of sp³-hybridized carbons (Fsp3) is 0.526. The van der Waals surface area contributed by atoms with Crippen molar-refractivity contribution in [3.8, 4) is 5.75 Å². The minimum absolute atomic E-state index is 0.0310. The molecule has 1 aliphatic rings. The number of pyridine rings is 1. The Morgan fingerprint density at radius 2 is 2.16 bits per heavy atom. The van der Waals surface area contributed by atoms with E-state index in [1.54, 1.807) is 12.3 Å². The molecule has 0 aliphatic heterocycles. The van der Waals surface area contributed by atoms with E-state index in [0.29, 0.717) is 16.2 Å². The molecular weight excluding hydrogens is 343 g/mol. The lowest BCUT2D eigenvalue weighted by Crippen LogP contribution is -2.46. The number of benzene rings is 1. The number of ether oxygens (including phenoxy) is 1. The van der Waals surface area contributed by atoms with Crippen LogP contribution in [0.2, 0.25) is 5.02 Å². The first kappa shape index (κ1) is 18.2. The fourth-order valence-electron chi connectivity index (χ4n) is 3.89. The second-order valence-corrected chi connectivity index (χ2v) is 7.38. The third kappa shape index (κ3) is 3.53. The van der Waals surface area contributed by atoms with Crippen LogP contribution in [0.1, 0.15) is 39.0 Å². The molecule has 1 aromatic carbocycles. The average Bonchev–Trinajstić information content (AvgIpc) is 2.63. The van der Waals surface area contributed by atoms with Gasteiger partial charge >= 0.3 is 0 Å². The fourth-order valence-corrected chi connectivity index (χ4v) is 4.10. The van der Waals surface area contributed by atoms with Gasteiger partial charge in [-0.3, -0.25) is 4.79 Å². The monoisotopic (exact) mass is 366 g/mol. The second-order valence-electron chi connectivity index (χ2n) is 6.97. The Morgan fingerprint density at radius 3 is 2.80 bits per heavy atom. The van der Waals surface area contributed by atoms with Crippen molar-refractivity contribution in [1.29, 1.82) is 0 Å². The van der Waals surface area contributed by atoms with Crippen LogP contribution in [0.4, 0.5) is 4.39 Å². The van der Waals surface area contributed by atoms with E-state index in [1.807, 2.05) is 12.1 Å². The van der Waals surface area contributed by atoms with E-state index in [1.165, 1.54) is 0 Å². The SMILES string of the molecule is CC[C@]1(C(N)CF)CC[C@@H](Oc2cc3cc[nH]c(=O)c3cc2Cl)CC1. The maximum atomic E-state index is 13.1. The molecule has 0 radical (unpaired) electrons. The third-order valence-electron chi connectivity index (χ3n) is 5.70. The summed E-state index contributed by atoms with van der Waals surface area (Å²) in [4.78, 5) is 14.5. The number of H-pyrrole nitrogens is 1. The normalized spacial score (nSPS) is 25.0. The second kappa shape index (κ2) is 7.34. The molecule has 4 nitrogen and oxygen atoms in total. The van der Waals surface area contributed by atoms with E-state index in [0.717, 1.165) is 37.5 Å². The molecule has 1 saturated carbocycles.